The van der Waals surface area contributed by atoms with Crippen LogP contribution in [0.5, 0.6) is 0 Å². The van der Waals surface area contributed by atoms with Gasteiger partial charge >= 0.3 is 5.97 Å². The molecule has 0 aliphatic heterocycles. The van der Waals surface area contributed by atoms with Crippen LogP contribution < -0.4 is 11.1 Å². The number of amides is 2. The Morgan fingerprint density at radius 1 is 1.32 bits per heavy atom. The van der Waals surface area contributed by atoms with Crippen molar-refractivity contribution < 1.29 is 19.1 Å². The highest BCUT2D eigenvalue weighted by atomic mass is 16.5. The lowest BCUT2D eigenvalue weighted by Crippen LogP contribution is -2.44. The molecule has 1 aromatic heterocycles. The number of esters is 1. The van der Waals surface area contributed by atoms with Crippen molar-refractivity contribution in [3.63, 3.8) is 0 Å². The standard InChI is InChI=1S/C18H19N3O4/c1-2-25-16(22)9-5-8-15(17(19)23)21-18(24)13-10-12-6-3-4-7-14(12)20-11-13/h3-7,9-11,15H,2,8H2,1H3,(H2,19,23)(H,21,24)/b9-5+/t15-/m0/s1. The molecule has 25 heavy (non-hydrogen) atoms. The molecule has 1 heterocycles. The summed E-state index contributed by atoms with van der Waals surface area (Å²) in [5.41, 5.74) is 6.40. The Balaban J connectivity index is 2.05. The van der Waals surface area contributed by atoms with Crippen molar-refractivity contribution in [2.24, 2.45) is 5.73 Å². The summed E-state index contributed by atoms with van der Waals surface area (Å²) in [6.07, 6.45) is 4.15. The van der Waals surface area contributed by atoms with E-state index in [-0.39, 0.29) is 13.0 Å². The number of para-hydroxylation sites is 1. The zero-order chi connectivity index (χ0) is 18.2. The van der Waals surface area contributed by atoms with E-state index in [4.69, 9.17) is 10.5 Å². The summed E-state index contributed by atoms with van der Waals surface area (Å²) in [5, 5.41) is 3.36. The van der Waals surface area contributed by atoms with Crippen LogP contribution in [0, 0.1) is 0 Å². The summed E-state index contributed by atoms with van der Waals surface area (Å²) in [7, 11) is 0. The highest BCUT2D eigenvalue weighted by Crippen LogP contribution is 2.12. The largest absolute Gasteiger partial charge is 0.463 e. The van der Waals surface area contributed by atoms with Gasteiger partial charge in [0.15, 0.2) is 0 Å². The second-order valence-electron chi connectivity index (χ2n) is 5.24. The number of ether oxygens (including phenoxy) is 1. The van der Waals surface area contributed by atoms with Gasteiger partial charge in [0.05, 0.1) is 17.7 Å². The lowest BCUT2D eigenvalue weighted by atomic mass is 10.1. The number of carbonyl (C=O) groups is 3. The van der Waals surface area contributed by atoms with E-state index in [1.165, 1.54) is 18.3 Å². The van der Waals surface area contributed by atoms with Crippen molar-refractivity contribution in [1.82, 2.24) is 10.3 Å². The Kier molecular flexibility index (Phi) is 6.22. The summed E-state index contributed by atoms with van der Waals surface area (Å²) in [6, 6.07) is 8.12. The van der Waals surface area contributed by atoms with Crippen LogP contribution in [0.2, 0.25) is 0 Å². The minimum Gasteiger partial charge on any atom is -0.463 e. The van der Waals surface area contributed by atoms with Crippen molar-refractivity contribution >= 4 is 28.7 Å². The molecule has 7 nitrogen and oxygen atoms in total. The third kappa shape index (κ3) is 5.13. The van der Waals surface area contributed by atoms with Gasteiger partial charge in [0.25, 0.3) is 5.91 Å². The summed E-state index contributed by atoms with van der Waals surface area (Å²) in [4.78, 5) is 39.3. The molecule has 3 N–H and O–H groups in total. The number of benzene rings is 1. The monoisotopic (exact) mass is 341 g/mol. The number of aromatic nitrogens is 1. The van der Waals surface area contributed by atoms with Crippen LogP contribution in [0.3, 0.4) is 0 Å². The molecule has 0 aliphatic carbocycles. The Labute approximate surface area is 144 Å². The number of nitrogens with one attached hydrogen (secondary N) is 1. The second kappa shape index (κ2) is 8.58. The molecule has 0 saturated carbocycles. The summed E-state index contributed by atoms with van der Waals surface area (Å²) in [5.74, 6) is -1.68. The van der Waals surface area contributed by atoms with Crippen molar-refractivity contribution in [1.29, 1.82) is 0 Å². The number of rotatable bonds is 7. The number of primary amides is 1. The first-order valence-corrected chi connectivity index (χ1v) is 7.79. The number of carbonyl (C=O) groups excluding carboxylic acids is 3. The lowest BCUT2D eigenvalue weighted by molar-refractivity contribution is -0.137. The molecule has 0 bridgehead atoms. The average molecular weight is 341 g/mol. The molecule has 0 spiro atoms. The number of nitrogens with zero attached hydrogens (tertiary/aromatic N) is 1. The van der Waals surface area contributed by atoms with Crippen molar-refractivity contribution in [2.45, 2.75) is 19.4 Å². The molecule has 2 rings (SSSR count). The van der Waals surface area contributed by atoms with Crippen LogP contribution in [-0.2, 0) is 14.3 Å². The van der Waals surface area contributed by atoms with Crippen LogP contribution in [0.15, 0.2) is 48.7 Å². The predicted octanol–water partition coefficient (Wildman–Crippen LogP) is 1.33. The third-order valence-corrected chi connectivity index (χ3v) is 3.41. The highest BCUT2D eigenvalue weighted by molar-refractivity contribution is 5.99. The molecule has 1 aromatic carbocycles. The zero-order valence-electron chi connectivity index (χ0n) is 13.8. The molecule has 2 amide bonds. The van der Waals surface area contributed by atoms with E-state index in [1.807, 2.05) is 24.3 Å². The molecular formula is C18H19N3O4. The van der Waals surface area contributed by atoms with Crippen molar-refractivity contribution in [3.05, 3.63) is 54.2 Å². The molecule has 0 aliphatic rings. The van der Waals surface area contributed by atoms with E-state index in [1.54, 1.807) is 13.0 Å². The van der Waals surface area contributed by atoms with Gasteiger partial charge in [0, 0.05) is 17.7 Å². The summed E-state index contributed by atoms with van der Waals surface area (Å²) >= 11 is 0. The van der Waals surface area contributed by atoms with E-state index >= 15 is 0 Å². The molecular weight excluding hydrogens is 322 g/mol. The van der Waals surface area contributed by atoms with E-state index in [0.29, 0.717) is 5.56 Å². The average Bonchev–Trinajstić information content (AvgIpc) is 2.60. The molecule has 0 unspecified atom stereocenters. The zero-order valence-corrected chi connectivity index (χ0v) is 13.8. The Morgan fingerprint density at radius 2 is 2.08 bits per heavy atom. The van der Waals surface area contributed by atoms with E-state index in [2.05, 4.69) is 10.3 Å². The fraction of sp³-hybridized carbons (Fsp3) is 0.222. The van der Waals surface area contributed by atoms with Gasteiger partial charge in [-0.3, -0.25) is 14.6 Å². The Bertz CT molecular complexity index is 817. The van der Waals surface area contributed by atoms with Gasteiger partial charge in [-0.25, -0.2) is 4.79 Å². The molecule has 1 atom stereocenters. The third-order valence-electron chi connectivity index (χ3n) is 3.41. The number of hydrogen-bond donors (Lipinski definition) is 2. The highest BCUT2D eigenvalue weighted by Gasteiger charge is 2.18. The number of fused-ring (bicyclic) bond motifs is 1. The molecule has 0 saturated heterocycles. The number of pyridine rings is 1. The second-order valence-corrected chi connectivity index (χ2v) is 5.24. The molecule has 7 heteroatoms. The SMILES string of the molecule is CCOC(=O)/C=C/C[C@H](NC(=O)c1cnc2ccccc2c1)C(N)=O. The van der Waals surface area contributed by atoms with Gasteiger partial charge in [-0.2, -0.15) is 0 Å². The van der Waals surface area contributed by atoms with Crippen LogP contribution in [0.25, 0.3) is 10.9 Å². The van der Waals surface area contributed by atoms with Crippen LogP contribution in [-0.4, -0.2) is 35.4 Å². The van der Waals surface area contributed by atoms with E-state index < -0.39 is 23.8 Å². The topological polar surface area (TPSA) is 111 Å². The molecule has 2 aromatic rings. The van der Waals surface area contributed by atoms with Gasteiger partial charge < -0.3 is 15.8 Å². The number of nitrogens with two attached hydrogens (primary N) is 1. The van der Waals surface area contributed by atoms with Crippen LogP contribution in [0.1, 0.15) is 23.7 Å². The minimum absolute atomic E-state index is 0.0842. The van der Waals surface area contributed by atoms with Crippen LogP contribution >= 0.6 is 0 Å². The smallest absolute Gasteiger partial charge is 0.330 e. The van der Waals surface area contributed by atoms with Gasteiger partial charge in [0.2, 0.25) is 5.91 Å². The normalized spacial score (nSPS) is 12.0. The van der Waals surface area contributed by atoms with Crippen molar-refractivity contribution in [3.8, 4) is 0 Å². The maximum Gasteiger partial charge on any atom is 0.330 e. The Hall–Kier alpha value is -3.22. The molecule has 0 fully saturated rings. The summed E-state index contributed by atoms with van der Waals surface area (Å²) < 4.78 is 4.74. The van der Waals surface area contributed by atoms with Gasteiger partial charge in [-0.1, -0.05) is 24.3 Å². The van der Waals surface area contributed by atoms with Gasteiger partial charge in [0.1, 0.15) is 6.04 Å². The molecule has 130 valence electrons. The first-order chi connectivity index (χ1) is 12.0. The fourth-order valence-electron chi connectivity index (χ4n) is 2.17. The maximum absolute atomic E-state index is 12.3. The first-order valence-electron chi connectivity index (χ1n) is 7.79. The minimum atomic E-state index is -0.940. The summed E-state index contributed by atoms with van der Waals surface area (Å²) in [6.45, 7) is 1.95. The first kappa shape index (κ1) is 18.1. The quantitative estimate of drug-likeness (QED) is 0.583. The molecule has 0 radical (unpaired) electrons. The lowest BCUT2D eigenvalue weighted by Gasteiger charge is -2.13. The number of hydrogen-bond acceptors (Lipinski definition) is 5. The maximum atomic E-state index is 12.3. The Morgan fingerprint density at radius 3 is 2.80 bits per heavy atom. The van der Waals surface area contributed by atoms with Gasteiger partial charge in [-0.15, -0.1) is 0 Å². The van der Waals surface area contributed by atoms with Gasteiger partial charge in [-0.05, 0) is 25.5 Å². The van der Waals surface area contributed by atoms with E-state index in [9.17, 15) is 14.4 Å². The van der Waals surface area contributed by atoms with Crippen LogP contribution in [0.4, 0.5) is 0 Å². The predicted molar refractivity (Wildman–Crippen MR) is 92.6 cm³/mol. The van der Waals surface area contributed by atoms with Crippen molar-refractivity contribution in [2.75, 3.05) is 6.61 Å². The fourth-order valence-corrected chi connectivity index (χ4v) is 2.17. The van der Waals surface area contributed by atoms with E-state index in [0.717, 1.165) is 10.9 Å².